The number of hydrogen-bond donors (Lipinski definition) is 0. The Morgan fingerprint density at radius 3 is 2.25 bits per heavy atom. The van der Waals surface area contributed by atoms with E-state index in [1.807, 2.05) is 12.1 Å². The monoisotopic (exact) mass is 217 g/mol. The van der Waals surface area contributed by atoms with Crippen molar-refractivity contribution in [2.45, 2.75) is 6.32 Å². The highest BCUT2D eigenvalue weighted by molar-refractivity contribution is 6.52. The summed E-state index contributed by atoms with van der Waals surface area (Å²) in [4.78, 5) is 0. The number of rotatable bonds is 3. The van der Waals surface area contributed by atoms with E-state index in [-0.39, 0.29) is 11.6 Å². The van der Waals surface area contributed by atoms with E-state index in [9.17, 15) is 8.78 Å². The van der Waals surface area contributed by atoms with E-state index in [1.54, 1.807) is 24.3 Å². The van der Waals surface area contributed by atoms with Gasteiger partial charge in [0.2, 0.25) is 0 Å². The Hall–Kier alpha value is -1.64. The van der Waals surface area contributed by atoms with Gasteiger partial charge in [-0.15, -0.1) is 0 Å². The summed E-state index contributed by atoms with van der Waals surface area (Å²) in [5, 5.41) is 0. The maximum Gasteiger partial charge on any atom is 0.123 e. The van der Waals surface area contributed by atoms with Gasteiger partial charge in [-0.3, -0.25) is 0 Å². The van der Waals surface area contributed by atoms with Gasteiger partial charge in [-0.25, -0.2) is 14.2 Å². The predicted octanol–water partition coefficient (Wildman–Crippen LogP) is 1.96. The molecule has 2 aromatic carbocycles. The van der Waals surface area contributed by atoms with Crippen molar-refractivity contribution < 1.29 is 8.78 Å². The van der Waals surface area contributed by atoms with Gasteiger partial charge in [0.15, 0.2) is 0 Å². The van der Waals surface area contributed by atoms with Crippen molar-refractivity contribution in [1.29, 1.82) is 0 Å². The minimum absolute atomic E-state index is 0.194. The van der Waals surface area contributed by atoms with Gasteiger partial charge in [-0.2, -0.15) is 6.32 Å². The summed E-state index contributed by atoms with van der Waals surface area (Å²) in [6.07, 6.45) is 0.848. The molecule has 0 fully saturated rings. The molecule has 0 aliphatic heterocycles. The molecule has 0 radical (unpaired) electrons. The minimum atomic E-state index is -0.426. The average Bonchev–Trinajstić information content (AvgIpc) is 2.27. The molecule has 2 aromatic rings. The van der Waals surface area contributed by atoms with Crippen LogP contribution in [0.15, 0.2) is 48.5 Å². The van der Waals surface area contributed by atoms with Gasteiger partial charge in [0, 0.05) is 7.28 Å². The van der Waals surface area contributed by atoms with Crippen LogP contribution in [-0.2, 0) is 6.32 Å². The molecule has 0 N–H and O–H groups in total. The van der Waals surface area contributed by atoms with Crippen molar-refractivity contribution in [3.63, 3.8) is 0 Å². The number of halogens is 2. The van der Waals surface area contributed by atoms with Gasteiger partial charge in [0.05, 0.1) is 0 Å². The fraction of sp³-hybridized carbons (Fsp3) is 0.0769. The van der Waals surface area contributed by atoms with Crippen LogP contribution in [-0.4, -0.2) is 7.28 Å². The zero-order valence-electron chi connectivity index (χ0n) is 9.08. The number of benzene rings is 2. The first kappa shape index (κ1) is 10.9. The van der Waals surface area contributed by atoms with E-state index < -0.39 is 7.28 Å². The Bertz CT molecular complexity index is 437. The third kappa shape index (κ3) is 2.93. The van der Waals surface area contributed by atoms with Crippen molar-refractivity contribution >= 4 is 12.7 Å². The summed E-state index contributed by atoms with van der Waals surface area (Å²) >= 11 is 0. The van der Waals surface area contributed by atoms with Crippen LogP contribution in [0.2, 0.25) is 0 Å². The zero-order chi connectivity index (χ0) is 11.4. The lowest BCUT2D eigenvalue weighted by atomic mass is 9.65. The first-order valence-electron chi connectivity index (χ1n) is 5.58. The van der Waals surface area contributed by atoms with E-state index in [0.717, 1.165) is 17.3 Å². The Labute approximate surface area is 94.2 Å². The SMILES string of the molecule is Fc1cccc([BH2-]Cc2cccc(F)c2)c1. The molecule has 2 rings (SSSR count). The molecule has 0 unspecified atom stereocenters. The highest BCUT2D eigenvalue weighted by Crippen LogP contribution is 2.03. The van der Waals surface area contributed by atoms with Crippen molar-refractivity contribution in [3.8, 4) is 0 Å². The summed E-state index contributed by atoms with van der Waals surface area (Å²) in [5.41, 5.74) is 2.05. The van der Waals surface area contributed by atoms with Crippen molar-refractivity contribution in [3.05, 3.63) is 65.7 Å². The van der Waals surface area contributed by atoms with E-state index in [0.29, 0.717) is 0 Å². The van der Waals surface area contributed by atoms with Crippen LogP contribution in [0.5, 0.6) is 0 Å². The van der Waals surface area contributed by atoms with E-state index in [2.05, 4.69) is 0 Å². The van der Waals surface area contributed by atoms with Crippen molar-refractivity contribution in [2.75, 3.05) is 0 Å². The van der Waals surface area contributed by atoms with Gasteiger partial charge in [-0.1, -0.05) is 35.9 Å². The van der Waals surface area contributed by atoms with Crippen LogP contribution < -0.4 is 5.46 Å². The molecular formula is C13H12BF2-. The summed E-state index contributed by atoms with van der Waals surface area (Å²) in [5.74, 6) is -0.399. The molecule has 0 amide bonds. The quantitative estimate of drug-likeness (QED) is 0.689. The van der Waals surface area contributed by atoms with E-state index in [1.165, 1.54) is 12.1 Å². The first-order chi connectivity index (χ1) is 7.74. The van der Waals surface area contributed by atoms with Crippen LogP contribution in [0, 0.1) is 11.6 Å². The summed E-state index contributed by atoms with van der Waals surface area (Å²) in [7, 11) is -0.426. The Morgan fingerprint density at radius 1 is 0.875 bits per heavy atom. The smallest absolute Gasteiger partial charge is 0.123 e. The third-order valence-electron chi connectivity index (χ3n) is 2.86. The fourth-order valence-electron chi connectivity index (χ4n) is 1.99. The second-order valence-corrected chi connectivity index (χ2v) is 4.14. The van der Waals surface area contributed by atoms with Crippen LogP contribution in [0.3, 0.4) is 0 Å². The standard InChI is InChI=1S/C13H12BF2/c15-12-5-1-3-10(7-12)9-14-11-4-2-6-13(16)8-11/h1-8H,9,14H2/q-1. The zero-order valence-corrected chi connectivity index (χ0v) is 9.08. The van der Waals surface area contributed by atoms with Gasteiger partial charge in [-0.05, 0) is 18.2 Å². The molecular weight excluding hydrogens is 205 g/mol. The minimum Gasteiger partial charge on any atom is -0.214 e. The predicted molar refractivity (Wildman–Crippen MR) is 64.7 cm³/mol. The van der Waals surface area contributed by atoms with Crippen molar-refractivity contribution in [1.82, 2.24) is 0 Å². The van der Waals surface area contributed by atoms with Gasteiger partial charge in [0.1, 0.15) is 11.6 Å². The molecule has 3 heteroatoms. The topological polar surface area (TPSA) is 0 Å². The van der Waals surface area contributed by atoms with Crippen LogP contribution >= 0.6 is 0 Å². The van der Waals surface area contributed by atoms with Gasteiger partial charge >= 0.3 is 0 Å². The largest absolute Gasteiger partial charge is 0.214 e. The highest BCUT2D eigenvalue weighted by atomic mass is 19.1. The number of hydrogen-bond acceptors (Lipinski definition) is 0. The first-order valence-corrected chi connectivity index (χ1v) is 5.58. The maximum absolute atomic E-state index is 12.9. The van der Waals surface area contributed by atoms with Crippen LogP contribution in [0.25, 0.3) is 0 Å². The average molecular weight is 217 g/mol. The lowest BCUT2D eigenvalue weighted by Gasteiger charge is -2.08. The van der Waals surface area contributed by atoms with Crippen molar-refractivity contribution in [2.24, 2.45) is 0 Å². The molecule has 0 heterocycles. The van der Waals surface area contributed by atoms with Crippen LogP contribution in [0.4, 0.5) is 8.78 Å². The molecule has 0 nitrogen and oxygen atoms in total. The Kier molecular flexibility index (Phi) is 3.35. The molecule has 0 aromatic heterocycles. The molecule has 0 atom stereocenters. The Morgan fingerprint density at radius 2 is 1.56 bits per heavy atom. The molecule has 0 aliphatic carbocycles. The van der Waals surface area contributed by atoms with E-state index >= 15 is 0 Å². The molecule has 0 bridgehead atoms. The van der Waals surface area contributed by atoms with Gasteiger partial charge < -0.3 is 0 Å². The second-order valence-electron chi connectivity index (χ2n) is 4.14. The molecule has 0 aliphatic rings. The maximum atomic E-state index is 12.9. The summed E-state index contributed by atoms with van der Waals surface area (Å²) in [6.45, 7) is 0. The molecule has 0 saturated carbocycles. The van der Waals surface area contributed by atoms with E-state index in [4.69, 9.17) is 0 Å². The summed E-state index contributed by atoms with van der Waals surface area (Å²) < 4.78 is 25.8. The lowest BCUT2D eigenvalue weighted by Crippen LogP contribution is -2.16. The highest BCUT2D eigenvalue weighted by Gasteiger charge is 1.94. The molecule has 82 valence electrons. The second kappa shape index (κ2) is 4.93. The normalized spacial score (nSPS) is 10.4. The van der Waals surface area contributed by atoms with Crippen LogP contribution in [0.1, 0.15) is 5.56 Å². The molecule has 0 spiro atoms. The molecule has 0 saturated heterocycles. The fourth-order valence-corrected chi connectivity index (χ4v) is 1.99. The molecule has 16 heavy (non-hydrogen) atoms. The Balaban J connectivity index is 2.02. The van der Waals surface area contributed by atoms with Gasteiger partial charge in [0.25, 0.3) is 0 Å². The lowest BCUT2D eigenvalue weighted by molar-refractivity contribution is 0.626. The summed E-state index contributed by atoms with van der Waals surface area (Å²) in [6, 6.07) is 13.3. The third-order valence-corrected chi connectivity index (χ3v) is 2.86.